The lowest BCUT2D eigenvalue weighted by atomic mass is 10.2. The van der Waals surface area contributed by atoms with Crippen molar-refractivity contribution in [1.82, 2.24) is 4.90 Å². The number of methoxy groups -OCH3 is 1. The zero-order chi connectivity index (χ0) is 16.8. The number of amides is 1. The van der Waals surface area contributed by atoms with Crippen LogP contribution in [0.2, 0.25) is 10.0 Å². The zero-order valence-corrected chi connectivity index (χ0v) is 14.5. The Morgan fingerprint density at radius 2 is 1.87 bits per heavy atom. The number of ether oxygens (including phenoxy) is 1. The highest BCUT2D eigenvalue weighted by atomic mass is 35.5. The highest BCUT2D eigenvalue weighted by Gasteiger charge is 2.09. The molecular formula is C17H18Cl2N2O2. The normalized spacial score (nSPS) is 10.7. The molecule has 2 aromatic rings. The van der Waals surface area contributed by atoms with Crippen LogP contribution < -0.4 is 10.1 Å². The molecule has 0 spiro atoms. The van der Waals surface area contributed by atoms with Crippen molar-refractivity contribution in [2.45, 2.75) is 6.54 Å². The molecule has 122 valence electrons. The van der Waals surface area contributed by atoms with Gasteiger partial charge in [-0.3, -0.25) is 9.69 Å². The van der Waals surface area contributed by atoms with Crippen LogP contribution in [0.15, 0.2) is 42.5 Å². The van der Waals surface area contributed by atoms with Crippen LogP contribution in [0.4, 0.5) is 5.69 Å². The first-order valence-corrected chi connectivity index (χ1v) is 7.79. The van der Waals surface area contributed by atoms with Crippen molar-refractivity contribution in [1.29, 1.82) is 0 Å². The van der Waals surface area contributed by atoms with E-state index >= 15 is 0 Å². The number of benzene rings is 2. The Hall–Kier alpha value is -1.75. The quantitative estimate of drug-likeness (QED) is 0.851. The highest BCUT2D eigenvalue weighted by Crippen LogP contribution is 2.22. The second-order valence-electron chi connectivity index (χ2n) is 5.23. The molecule has 0 heterocycles. The Balaban J connectivity index is 1.91. The van der Waals surface area contributed by atoms with Crippen molar-refractivity contribution in [2.75, 3.05) is 26.0 Å². The number of likely N-dealkylation sites (N-methyl/N-ethyl adjacent to an activating group) is 1. The number of rotatable bonds is 6. The molecule has 2 aromatic carbocycles. The van der Waals surface area contributed by atoms with E-state index in [9.17, 15) is 4.79 Å². The van der Waals surface area contributed by atoms with Crippen LogP contribution in [0, 0.1) is 0 Å². The predicted octanol–water partition coefficient (Wildman–Crippen LogP) is 4.07. The van der Waals surface area contributed by atoms with E-state index in [2.05, 4.69) is 5.32 Å². The van der Waals surface area contributed by atoms with Gasteiger partial charge in [0, 0.05) is 22.3 Å². The summed E-state index contributed by atoms with van der Waals surface area (Å²) in [5, 5.41) is 3.76. The van der Waals surface area contributed by atoms with E-state index in [1.165, 1.54) is 0 Å². The van der Waals surface area contributed by atoms with Gasteiger partial charge in [-0.2, -0.15) is 0 Å². The lowest BCUT2D eigenvalue weighted by Crippen LogP contribution is -2.29. The molecule has 0 saturated carbocycles. The Morgan fingerprint density at radius 3 is 2.52 bits per heavy atom. The topological polar surface area (TPSA) is 41.6 Å². The molecular weight excluding hydrogens is 335 g/mol. The fourth-order valence-corrected chi connectivity index (χ4v) is 2.74. The van der Waals surface area contributed by atoms with Crippen molar-refractivity contribution >= 4 is 34.8 Å². The Labute approximate surface area is 146 Å². The maximum Gasteiger partial charge on any atom is 0.238 e. The van der Waals surface area contributed by atoms with Gasteiger partial charge in [0.05, 0.1) is 13.7 Å². The average molecular weight is 353 g/mol. The fourth-order valence-electron chi connectivity index (χ4n) is 2.21. The van der Waals surface area contributed by atoms with E-state index in [1.807, 2.05) is 36.2 Å². The molecule has 0 aliphatic carbocycles. The third kappa shape index (κ3) is 5.75. The second-order valence-corrected chi connectivity index (χ2v) is 6.10. The van der Waals surface area contributed by atoms with Crippen LogP contribution in [0.1, 0.15) is 5.56 Å². The van der Waals surface area contributed by atoms with E-state index < -0.39 is 0 Å². The Morgan fingerprint density at radius 1 is 1.17 bits per heavy atom. The van der Waals surface area contributed by atoms with Crippen molar-refractivity contribution < 1.29 is 9.53 Å². The smallest absolute Gasteiger partial charge is 0.238 e. The molecule has 0 atom stereocenters. The molecule has 0 saturated heterocycles. The summed E-state index contributed by atoms with van der Waals surface area (Å²) in [6.45, 7) is 0.891. The van der Waals surface area contributed by atoms with E-state index in [-0.39, 0.29) is 12.5 Å². The third-order valence-electron chi connectivity index (χ3n) is 3.15. The largest absolute Gasteiger partial charge is 0.497 e. The predicted molar refractivity (Wildman–Crippen MR) is 94.4 cm³/mol. The van der Waals surface area contributed by atoms with Gasteiger partial charge in [0.1, 0.15) is 5.75 Å². The SMILES string of the molecule is COc1cccc(CN(C)CC(=O)Nc2cc(Cl)cc(Cl)c2)c1. The van der Waals surface area contributed by atoms with Crippen LogP contribution in [-0.2, 0) is 11.3 Å². The maximum absolute atomic E-state index is 12.1. The first kappa shape index (κ1) is 17.6. The number of anilines is 1. The minimum atomic E-state index is -0.131. The zero-order valence-electron chi connectivity index (χ0n) is 13.0. The van der Waals surface area contributed by atoms with Crippen molar-refractivity contribution in [3.8, 4) is 5.75 Å². The number of nitrogens with one attached hydrogen (secondary N) is 1. The molecule has 0 bridgehead atoms. The summed E-state index contributed by atoms with van der Waals surface area (Å²) in [5.74, 6) is 0.669. The Kier molecular flexibility index (Phi) is 6.28. The standard InChI is InChI=1S/C17H18Cl2N2O2/c1-21(10-12-4-3-5-16(6-12)23-2)11-17(22)20-15-8-13(18)7-14(19)9-15/h3-9H,10-11H2,1-2H3,(H,20,22). The van der Waals surface area contributed by atoms with Crippen molar-refractivity contribution in [3.05, 3.63) is 58.1 Å². The highest BCUT2D eigenvalue weighted by molar-refractivity contribution is 6.35. The fraction of sp³-hybridized carbons (Fsp3) is 0.235. The molecule has 6 heteroatoms. The Bertz CT molecular complexity index is 672. The molecule has 1 N–H and O–H groups in total. The van der Waals surface area contributed by atoms with E-state index in [0.29, 0.717) is 22.3 Å². The molecule has 0 unspecified atom stereocenters. The average Bonchev–Trinajstić information content (AvgIpc) is 2.45. The van der Waals surface area contributed by atoms with Crippen molar-refractivity contribution in [2.24, 2.45) is 0 Å². The van der Waals surface area contributed by atoms with Crippen LogP contribution >= 0.6 is 23.2 Å². The summed E-state index contributed by atoms with van der Waals surface area (Å²) in [5.41, 5.74) is 1.66. The number of carbonyl (C=O) groups excluding carboxylic acids is 1. The molecule has 0 aliphatic rings. The number of nitrogens with zero attached hydrogens (tertiary/aromatic N) is 1. The lowest BCUT2D eigenvalue weighted by Gasteiger charge is -2.17. The summed E-state index contributed by atoms with van der Waals surface area (Å²) in [7, 11) is 3.51. The summed E-state index contributed by atoms with van der Waals surface area (Å²) in [6, 6.07) is 12.7. The van der Waals surface area contributed by atoms with E-state index in [0.717, 1.165) is 11.3 Å². The summed E-state index contributed by atoms with van der Waals surface area (Å²) >= 11 is 11.8. The molecule has 0 fully saturated rings. The van der Waals surface area contributed by atoms with Crippen molar-refractivity contribution in [3.63, 3.8) is 0 Å². The molecule has 0 aliphatic heterocycles. The molecule has 1 amide bonds. The number of halogens is 2. The number of carbonyl (C=O) groups is 1. The minimum absolute atomic E-state index is 0.131. The number of hydrogen-bond donors (Lipinski definition) is 1. The minimum Gasteiger partial charge on any atom is -0.497 e. The van der Waals surface area contributed by atoms with Gasteiger partial charge in [0.2, 0.25) is 5.91 Å². The van der Waals surface area contributed by atoms with Gasteiger partial charge >= 0.3 is 0 Å². The van der Waals surface area contributed by atoms with Gasteiger partial charge in [0.25, 0.3) is 0 Å². The molecule has 23 heavy (non-hydrogen) atoms. The first-order valence-electron chi connectivity index (χ1n) is 7.03. The van der Waals surface area contributed by atoms with Crippen LogP contribution in [0.5, 0.6) is 5.75 Å². The lowest BCUT2D eigenvalue weighted by molar-refractivity contribution is -0.117. The van der Waals surface area contributed by atoms with Crippen LogP contribution in [0.3, 0.4) is 0 Å². The first-order chi connectivity index (χ1) is 11.0. The van der Waals surface area contributed by atoms with Gasteiger partial charge in [-0.05, 0) is 42.9 Å². The molecule has 0 radical (unpaired) electrons. The van der Waals surface area contributed by atoms with E-state index in [1.54, 1.807) is 25.3 Å². The molecule has 4 nitrogen and oxygen atoms in total. The van der Waals surface area contributed by atoms with Gasteiger partial charge in [-0.25, -0.2) is 0 Å². The summed E-state index contributed by atoms with van der Waals surface area (Å²) in [4.78, 5) is 14.0. The second kappa shape index (κ2) is 8.20. The van der Waals surface area contributed by atoms with E-state index in [4.69, 9.17) is 27.9 Å². The summed E-state index contributed by atoms with van der Waals surface area (Å²) in [6.07, 6.45) is 0. The van der Waals surface area contributed by atoms with Crippen LogP contribution in [-0.4, -0.2) is 31.5 Å². The molecule has 0 aromatic heterocycles. The van der Waals surface area contributed by atoms with Gasteiger partial charge in [-0.1, -0.05) is 35.3 Å². The summed E-state index contributed by atoms with van der Waals surface area (Å²) < 4.78 is 5.20. The number of hydrogen-bond acceptors (Lipinski definition) is 3. The van der Waals surface area contributed by atoms with Gasteiger partial charge in [-0.15, -0.1) is 0 Å². The monoisotopic (exact) mass is 352 g/mol. The van der Waals surface area contributed by atoms with Crippen LogP contribution in [0.25, 0.3) is 0 Å². The molecule has 2 rings (SSSR count). The maximum atomic E-state index is 12.1. The third-order valence-corrected chi connectivity index (χ3v) is 3.58. The van der Waals surface area contributed by atoms with Gasteiger partial charge in [0.15, 0.2) is 0 Å². The van der Waals surface area contributed by atoms with Gasteiger partial charge < -0.3 is 10.1 Å².